The van der Waals surface area contributed by atoms with E-state index in [2.05, 4.69) is 45.4 Å². The third kappa shape index (κ3) is 4.83. The molecule has 0 fully saturated rings. The molecule has 0 bridgehead atoms. The van der Waals surface area contributed by atoms with Crippen molar-refractivity contribution < 1.29 is 4.79 Å². The lowest BCUT2D eigenvalue weighted by Crippen LogP contribution is -2.05. The summed E-state index contributed by atoms with van der Waals surface area (Å²) in [6.07, 6.45) is 7.10. The van der Waals surface area contributed by atoms with Crippen LogP contribution in [0.1, 0.15) is 85.6 Å². The van der Waals surface area contributed by atoms with Crippen molar-refractivity contribution in [2.75, 3.05) is 0 Å². The van der Waals surface area contributed by atoms with Gasteiger partial charge in [-0.2, -0.15) is 0 Å². The molecule has 0 atom stereocenters. The molecule has 0 saturated carbocycles. The maximum absolute atomic E-state index is 11.6. The van der Waals surface area contributed by atoms with E-state index in [1.165, 1.54) is 11.3 Å². The van der Waals surface area contributed by atoms with E-state index in [0.717, 1.165) is 57.4 Å². The Bertz CT molecular complexity index is 866. The Balaban J connectivity index is 2.54. The number of carbonyl (C=O) groups excluding carboxylic acids is 1. The van der Waals surface area contributed by atoms with Gasteiger partial charge in [0, 0.05) is 29.0 Å². The van der Waals surface area contributed by atoms with E-state index in [1.54, 1.807) is 6.92 Å². The first-order chi connectivity index (χ1) is 12.8. The van der Waals surface area contributed by atoms with Gasteiger partial charge in [0.2, 0.25) is 0 Å². The van der Waals surface area contributed by atoms with Gasteiger partial charge in [0.1, 0.15) is 5.69 Å². The standard InChI is InChI=1S/C22H31N3OS/c1-8-16(6)24-22-21(15(5)13-25(22)18(9-2)10-3)23-12-20-14(4)11-19(27-20)17(7)26/h11-13,18H,8-10H2,1-7H3/b23-12?,24-16-. The highest BCUT2D eigenvalue weighted by atomic mass is 32.1. The van der Waals surface area contributed by atoms with Crippen LogP contribution in [0.15, 0.2) is 22.2 Å². The van der Waals surface area contributed by atoms with Crippen LogP contribution in [0, 0.1) is 13.8 Å². The van der Waals surface area contributed by atoms with Crippen LogP contribution in [0.2, 0.25) is 0 Å². The maximum atomic E-state index is 11.6. The molecule has 2 aromatic heterocycles. The first-order valence-electron chi connectivity index (χ1n) is 9.73. The van der Waals surface area contributed by atoms with Gasteiger partial charge in [0.25, 0.3) is 0 Å². The maximum Gasteiger partial charge on any atom is 0.169 e. The highest BCUT2D eigenvalue weighted by molar-refractivity contribution is 7.15. The van der Waals surface area contributed by atoms with Crippen LogP contribution in [-0.2, 0) is 0 Å². The first-order valence-corrected chi connectivity index (χ1v) is 10.5. The molecule has 0 aliphatic carbocycles. The Labute approximate surface area is 167 Å². The number of aromatic nitrogens is 1. The Kier molecular flexibility index (Phi) is 7.31. The molecular formula is C22H31N3OS. The third-order valence-electron chi connectivity index (χ3n) is 4.92. The van der Waals surface area contributed by atoms with Crippen LogP contribution in [0.4, 0.5) is 11.5 Å². The summed E-state index contributed by atoms with van der Waals surface area (Å²) in [7, 11) is 0. The second-order valence-electron chi connectivity index (χ2n) is 7.03. The number of ketones is 1. The SMILES string of the molecule is CC/C(C)=N\c1c(N=Cc2sc(C(C)=O)cc2C)c(C)cn1C(CC)CC. The largest absolute Gasteiger partial charge is 0.328 e. The van der Waals surface area contributed by atoms with Crippen LogP contribution in [0.5, 0.6) is 0 Å². The molecule has 2 heterocycles. The van der Waals surface area contributed by atoms with Crippen LogP contribution >= 0.6 is 11.3 Å². The second-order valence-corrected chi connectivity index (χ2v) is 8.12. The van der Waals surface area contributed by atoms with Gasteiger partial charge in [0.05, 0.1) is 4.88 Å². The van der Waals surface area contributed by atoms with Crippen molar-refractivity contribution in [2.24, 2.45) is 9.98 Å². The summed E-state index contributed by atoms with van der Waals surface area (Å²) >= 11 is 1.50. The van der Waals surface area contributed by atoms with Gasteiger partial charge in [-0.05, 0) is 64.2 Å². The summed E-state index contributed by atoms with van der Waals surface area (Å²) < 4.78 is 2.28. The number of carbonyl (C=O) groups is 1. The van der Waals surface area contributed by atoms with Gasteiger partial charge in [-0.1, -0.05) is 20.8 Å². The molecule has 0 unspecified atom stereocenters. The van der Waals surface area contributed by atoms with Gasteiger partial charge in [-0.25, -0.2) is 4.99 Å². The Morgan fingerprint density at radius 1 is 1.19 bits per heavy atom. The lowest BCUT2D eigenvalue weighted by Gasteiger charge is -2.17. The van der Waals surface area contributed by atoms with Crippen molar-refractivity contribution in [3.8, 4) is 0 Å². The van der Waals surface area contributed by atoms with Gasteiger partial charge in [0.15, 0.2) is 11.6 Å². The molecule has 0 spiro atoms. The van der Waals surface area contributed by atoms with E-state index >= 15 is 0 Å². The van der Waals surface area contributed by atoms with Crippen LogP contribution < -0.4 is 0 Å². The van der Waals surface area contributed by atoms with Crippen molar-refractivity contribution in [3.63, 3.8) is 0 Å². The molecular weight excluding hydrogens is 354 g/mol. The summed E-state index contributed by atoms with van der Waals surface area (Å²) in [6, 6.07) is 2.36. The average molecular weight is 386 g/mol. The predicted molar refractivity (Wildman–Crippen MR) is 118 cm³/mol. The lowest BCUT2D eigenvalue weighted by molar-refractivity contribution is 0.102. The molecule has 27 heavy (non-hydrogen) atoms. The zero-order chi connectivity index (χ0) is 20.1. The number of nitrogens with zero attached hydrogens (tertiary/aromatic N) is 3. The zero-order valence-electron chi connectivity index (χ0n) is 17.6. The number of Topliss-reactive ketones (excluding diaryl/α,β-unsaturated/α-hetero) is 1. The van der Waals surface area contributed by atoms with E-state index in [9.17, 15) is 4.79 Å². The topological polar surface area (TPSA) is 46.7 Å². The Hall–Kier alpha value is -2.01. The minimum absolute atomic E-state index is 0.0997. The molecule has 0 amide bonds. The van der Waals surface area contributed by atoms with Crippen LogP contribution in [0.3, 0.4) is 0 Å². The molecule has 5 heteroatoms. The molecule has 2 aromatic rings. The fourth-order valence-corrected chi connectivity index (χ4v) is 3.98. The molecule has 0 aliphatic rings. The van der Waals surface area contributed by atoms with E-state index in [0.29, 0.717) is 6.04 Å². The van der Waals surface area contributed by atoms with Gasteiger partial charge in [-0.3, -0.25) is 9.79 Å². The van der Waals surface area contributed by atoms with E-state index in [1.807, 2.05) is 19.2 Å². The Morgan fingerprint density at radius 2 is 1.85 bits per heavy atom. The van der Waals surface area contributed by atoms with E-state index < -0.39 is 0 Å². The van der Waals surface area contributed by atoms with Crippen molar-refractivity contribution in [1.82, 2.24) is 4.57 Å². The number of aliphatic imine (C=N–C) groups is 2. The molecule has 2 rings (SSSR count). The smallest absolute Gasteiger partial charge is 0.169 e. The molecule has 0 N–H and O–H groups in total. The normalized spacial score (nSPS) is 12.5. The van der Waals surface area contributed by atoms with Crippen molar-refractivity contribution in [1.29, 1.82) is 0 Å². The average Bonchev–Trinajstić information content (AvgIpc) is 3.15. The first kappa shape index (κ1) is 21.3. The monoisotopic (exact) mass is 385 g/mol. The second kappa shape index (κ2) is 9.27. The van der Waals surface area contributed by atoms with Crippen LogP contribution in [0.25, 0.3) is 0 Å². The third-order valence-corrected chi connectivity index (χ3v) is 6.19. The molecule has 0 radical (unpaired) electrons. The number of aryl methyl sites for hydroxylation is 2. The lowest BCUT2D eigenvalue weighted by atomic mass is 10.2. The molecule has 0 aliphatic heterocycles. The number of rotatable bonds is 8. The summed E-state index contributed by atoms with van der Waals surface area (Å²) in [5, 5.41) is 0. The van der Waals surface area contributed by atoms with Gasteiger partial charge >= 0.3 is 0 Å². The summed E-state index contributed by atoms with van der Waals surface area (Å²) in [6.45, 7) is 14.3. The van der Waals surface area contributed by atoms with Gasteiger partial charge < -0.3 is 4.57 Å². The fourth-order valence-electron chi connectivity index (χ4n) is 3.04. The predicted octanol–water partition coefficient (Wildman–Crippen LogP) is 6.98. The highest BCUT2D eigenvalue weighted by Crippen LogP contribution is 2.38. The van der Waals surface area contributed by atoms with E-state index in [4.69, 9.17) is 9.98 Å². The molecule has 146 valence electrons. The number of hydrogen-bond acceptors (Lipinski definition) is 4. The summed E-state index contributed by atoms with van der Waals surface area (Å²) in [4.78, 5) is 23.2. The molecule has 0 aromatic carbocycles. The number of hydrogen-bond donors (Lipinski definition) is 0. The Morgan fingerprint density at radius 3 is 2.37 bits per heavy atom. The quantitative estimate of drug-likeness (QED) is 0.357. The minimum atomic E-state index is 0.0997. The fraction of sp³-hybridized carbons (Fsp3) is 0.500. The van der Waals surface area contributed by atoms with Crippen molar-refractivity contribution >= 4 is 40.6 Å². The van der Waals surface area contributed by atoms with Crippen molar-refractivity contribution in [3.05, 3.63) is 33.1 Å². The van der Waals surface area contributed by atoms with Crippen LogP contribution in [-0.4, -0.2) is 22.3 Å². The summed E-state index contributed by atoms with van der Waals surface area (Å²) in [5.41, 5.74) is 4.23. The highest BCUT2D eigenvalue weighted by Gasteiger charge is 2.17. The molecule has 4 nitrogen and oxygen atoms in total. The molecule has 0 saturated heterocycles. The van der Waals surface area contributed by atoms with Crippen molar-refractivity contribution in [2.45, 2.75) is 73.8 Å². The van der Waals surface area contributed by atoms with E-state index in [-0.39, 0.29) is 5.78 Å². The zero-order valence-corrected chi connectivity index (χ0v) is 18.4. The minimum Gasteiger partial charge on any atom is -0.328 e. The van der Waals surface area contributed by atoms with Gasteiger partial charge in [-0.15, -0.1) is 11.3 Å². The number of thiophene rings is 1. The summed E-state index contributed by atoms with van der Waals surface area (Å²) in [5.74, 6) is 1.04.